The van der Waals surface area contributed by atoms with Crippen LogP contribution in [0.25, 0.3) is 22.3 Å². The van der Waals surface area contributed by atoms with Crippen molar-refractivity contribution in [3.63, 3.8) is 0 Å². The number of benzene rings is 2. The Bertz CT molecular complexity index is 1050. The Hall–Kier alpha value is -2.85. The maximum absolute atomic E-state index is 11.2. The SMILES string of the molecule is C=CC(=O)OCC(CO)CCCCc1ccc(-c2cc3ccc(CC)cc3o2)c(CC)c1. The van der Waals surface area contributed by atoms with E-state index in [1.807, 2.05) is 0 Å². The molecule has 4 heteroatoms. The maximum Gasteiger partial charge on any atom is 0.330 e. The lowest BCUT2D eigenvalue weighted by Gasteiger charge is -2.14. The number of furan rings is 1. The smallest absolute Gasteiger partial charge is 0.330 e. The van der Waals surface area contributed by atoms with Crippen molar-refractivity contribution in [2.45, 2.75) is 52.4 Å². The van der Waals surface area contributed by atoms with E-state index in [9.17, 15) is 9.90 Å². The molecule has 4 nitrogen and oxygen atoms in total. The average Bonchev–Trinajstić information content (AvgIpc) is 3.26. The van der Waals surface area contributed by atoms with E-state index in [4.69, 9.17) is 9.15 Å². The van der Waals surface area contributed by atoms with Gasteiger partial charge >= 0.3 is 5.97 Å². The summed E-state index contributed by atoms with van der Waals surface area (Å²) in [5.41, 5.74) is 6.00. The highest BCUT2D eigenvalue weighted by molar-refractivity contribution is 5.84. The fourth-order valence-electron chi connectivity index (χ4n) is 4.01. The number of esters is 1. The Balaban J connectivity index is 1.60. The third kappa shape index (κ3) is 6.10. The van der Waals surface area contributed by atoms with Crippen LogP contribution in [0.15, 0.2) is 59.5 Å². The third-order valence-electron chi connectivity index (χ3n) is 6.02. The monoisotopic (exact) mass is 434 g/mol. The summed E-state index contributed by atoms with van der Waals surface area (Å²) in [6.45, 7) is 7.99. The predicted octanol–water partition coefficient (Wildman–Crippen LogP) is 6.28. The van der Waals surface area contributed by atoms with Gasteiger partial charge in [-0.3, -0.25) is 0 Å². The zero-order valence-corrected chi connectivity index (χ0v) is 19.2. The average molecular weight is 435 g/mol. The van der Waals surface area contributed by atoms with Crippen molar-refractivity contribution in [2.24, 2.45) is 5.92 Å². The molecule has 0 spiro atoms. The standard InChI is InChI=1S/C28H34O4/c1-4-20-11-13-24-17-27(32-26(24)16-20)25-14-12-21(15-23(25)5-2)9-7-8-10-22(18-29)19-31-28(30)6-3/h6,11-17,22,29H,3-5,7-10,18-19H2,1-2H3. The zero-order chi connectivity index (χ0) is 22.9. The van der Waals surface area contributed by atoms with Crippen molar-refractivity contribution < 1.29 is 19.1 Å². The highest BCUT2D eigenvalue weighted by atomic mass is 16.5. The molecular weight excluding hydrogens is 400 g/mol. The lowest BCUT2D eigenvalue weighted by Crippen LogP contribution is -2.16. The Kier molecular flexibility index (Phi) is 8.69. The minimum atomic E-state index is -0.439. The molecule has 3 aromatic rings. The number of aliphatic hydroxyl groups is 1. The van der Waals surface area contributed by atoms with Crippen LogP contribution in [-0.4, -0.2) is 24.3 Å². The first-order valence-electron chi connectivity index (χ1n) is 11.6. The van der Waals surface area contributed by atoms with E-state index in [1.165, 1.54) is 16.7 Å². The van der Waals surface area contributed by atoms with Gasteiger partial charge in [0.05, 0.1) is 6.61 Å². The summed E-state index contributed by atoms with van der Waals surface area (Å²) in [5.74, 6) is 0.469. The van der Waals surface area contributed by atoms with Gasteiger partial charge in [-0.15, -0.1) is 0 Å². The van der Waals surface area contributed by atoms with Crippen LogP contribution >= 0.6 is 0 Å². The Morgan fingerprint density at radius 2 is 1.91 bits per heavy atom. The molecule has 1 heterocycles. The van der Waals surface area contributed by atoms with Crippen LogP contribution in [-0.2, 0) is 28.8 Å². The van der Waals surface area contributed by atoms with E-state index in [1.54, 1.807) is 0 Å². The maximum atomic E-state index is 11.2. The van der Waals surface area contributed by atoms with E-state index in [-0.39, 0.29) is 19.1 Å². The molecule has 0 aliphatic heterocycles. The molecule has 1 aromatic heterocycles. The van der Waals surface area contributed by atoms with Crippen LogP contribution in [0, 0.1) is 5.92 Å². The van der Waals surface area contributed by atoms with E-state index in [0.29, 0.717) is 0 Å². The van der Waals surface area contributed by atoms with E-state index >= 15 is 0 Å². The van der Waals surface area contributed by atoms with Crippen LogP contribution in [0.2, 0.25) is 0 Å². The van der Waals surface area contributed by atoms with Gasteiger partial charge in [0.2, 0.25) is 0 Å². The van der Waals surface area contributed by atoms with Crippen molar-refractivity contribution in [1.29, 1.82) is 0 Å². The highest BCUT2D eigenvalue weighted by Crippen LogP contribution is 2.32. The number of ether oxygens (including phenoxy) is 1. The third-order valence-corrected chi connectivity index (χ3v) is 6.02. The molecule has 0 aliphatic rings. The van der Waals surface area contributed by atoms with Gasteiger partial charge in [0.25, 0.3) is 0 Å². The molecule has 0 radical (unpaired) electrons. The summed E-state index contributed by atoms with van der Waals surface area (Å²) in [6.07, 6.45) is 6.91. The summed E-state index contributed by atoms with van der Waals surface area (Å²) in [5, 5.41) is 10.6. The zero-order valence-electron chi connectivity index (χ0n) is 19.2. The largest absolute Gasteiger partial charge is 0.462 e. The number of carbonyl (C=O) groups excluding carboxylic acids is 1. The number of unbranched alkanes of at least 4 members (excludes halogenated alkanes) is 1. The second-order valence-corrected chi connectivity index (χ2v) is 8.31. The lowest BCUT2D eigenvalue weighted by molar-refractivity contribution is -0.139. The Morgan fingerprint density at radius 1 is 1.09 bits per heavy atom. The predicted molar refractivity (Wildman–Crippen MR) is 130 cm³/mol. The van der Waals surface area contributed by atoms with Crippen LogP contribution in [0.3, 0.4) is 0 Å². The molecule has 0 saturated heterocycles. The lowest BCUT2D eigenvalue weighted by atomic mass is 9.96. The van der Waals surface area contributed by atoms with Gasteiger partial charge in [0.1, 0.15) is 11.3 Å². The quantitative estimate of drug-likeness (QED) is 0.207. The van der Waals surface area contributed by atoms with Gasteiger partial charge in [-0.05, 0) is 60.9 Å². The van der Waals surface area contributed by atoms with Gasteiger partial charge < -0.3 is 14.3 Å². The normalized spacial score (nSPS) is 12.1. The number of hydrogen-bond donors (Lipinski definition) is 1. The summed E-state index contributed by atoms with van der Waals surface area (Å²) < 4.78 is 11.3. The molecule has 0 fully saturated rings. The van der Waals surface area contributed by atoms with Gasteiger partial charge in [0, 0.05) is 29.6 Å². The molecule has 1 atom stereocenters. The molecule has 0 amide bonds. The van der Waals surface area contributed by atoms with Crippen LogP contribution in [0.1, 0.15) is 49.8 Å². The number of rotatable bonds is 12. The molecular formula is C28H34O4. The topological polar surface area (TPSA) is 59.7 Å². The van der Waals surface area contributed by atoms with Crippen molar-refractivity contribution in [3.05, 3.63) is 71.8 Å². The van der Waals surface area contributed by atoms with E-state index in [0.717, 1.165) is 66.9 Å². The molecule has 170 valence electrons. The number of fused-ring (bicyclic) bond motifs is 1. The number of aliphatic hydroxyl groups excluding tert-OH is 1. The summed E-state index contributed by atoms with van der Waals surface area (Å²) >= 11 is 0. The highest BCUT2D eigenvalue weighted by Gasteiger charge is 2.12. The molecule has 0 saturated carbocycles. The van der Waals surface area contributed by atoms with E-state index < -0.39 is 5.97 Å². The van der Waals surface area contributed by atoms with Crippen molar-refractivity contribution in [1.82, 2.24) is 0 Å². The van der Waals surface area contributed by atoms with Gasteiger partial charge in [-0.25, -0.2) is 4.79 Å². The Labute approximate surface area is 190 Å². The molecule has 0 aliphatic carbocycles. The molecule has 2 aromatic carbocycles. The van der Waals surface area contributed by atoms with Crippen molar-refractivity contribution >= 4 is 16.9 Å². The number of carbonyl (C=O) groups is 1. The van der Waals surface area contributed by atoms with Gasteiger partial charge in [-0.2, -0.15) is 0 Å². The first-order chi connectivity index (χ1) is 15.6. The summed E-state index contributed by atoms with van der Waals surface area (Å²) in [6, 6.07) is 15.2. The van der Waals surface area contributed by atoms with Gasteiger partial charge in [-0.1, -0.05) is 57.2 Å². The first-order valence-corrected chi connectivity index (χ1v) is 11.6. The van der Waals surface area contributed by atoms with Crippen LogP contribution < -0.4 is 0 Å². The number of hydrogen-bond acceptors (Lipinski definition) is 4. The Morgan fingerprint density at radius 3 is 2.62 bits per heavy atom. The van der Waals surface area contributed by atoms with Crippen molar-refractivity contribution in [3.8, 4) is 11.3 Å². The number of aryl methyl sites for hydroxylation is 3. The van der Waals surface area contributed by atoms with Crippen LogP contribution in [0.5, 0.6) is 0 Å². The minimum Gasteiger partial charge on any atom is -0.462 e. The van der Waals surface area contributed by atoms with Crippen LogP contribution in [0.4, 0.5) is 0 Å². The molecule has 0 bridgehead atoms. The molecule has 3 rings (SSSR count). The minimum absolute atomic E-state index is 0.0196. The molecule has 1 unspecified atom stereocenters. The van der Waals surface area contributed by atoms with Crippen molar-refractivity contribution in [2.75, 3.05) is 13.2 Å². The van der Waals surface area contributed by atoms with Gasteiger partial charge in [0.15, 0.2) is 0 Å². The van der Waals surface area contributed by atoms with E-state index in [2.05, 4.69) is 62.9 Å². The first kappa shape index (κ1) is 23.8. The second-order valence-electron chi connectivity index (χ2n) is 8.31. The molecule has 1 N–H and O–H groups in total. The second kappa shape index (κ2) is 11.7. The summed E-state index contributed by atoms with van der Waals surface area (Å²) in [4.78, 5) is 11.2. The fraction of sp³-hybridized carbons (Fsp3) is 0.393. The summed E-state index contributed by atoms with van der Waals surface area (Å²) in [7, 11) is 0. The molecule has 32 heavy (non-hydrogen) atoms. The fourth-order valence-corrected chi connectivity index (χ4v) is 4.01.